The van der Waals surface area contributed by atoms with Crippen LogP contribution in [0.1, 0.15) is 18.4 Å². The summed E-state index contributed by atoms with van der Waals surface area (Å²) in [7, 11) is -1.79. The molecule has 0 unspecified atom stereocenters. The number of carbonyl (C=O) groups excluding carboxylic acids is 1. The van der Waals surface area contributed by atoms with Crippen molar-refractivity contribution in [1.82, 2.24) is 9.21 Å². The summed E-state index contributed by atoms with van der Waals surface area (Å²) in [6.07, 6.45) is -0.222. The Morgan fingerprint density at radius 2 is 1.85 bits per heavy atom. The van der Waals surface area contributed by atoms with E-state index in [1.807, 2.05) is 0 Å². The minimum Gasteiger partial charge on any atom is -0.405 e. The van der Waals surface area contributed by atoms with Crippen LogP contribution in [0, 0.1) is 0 Å². The Morgan fingerprint density at radius 1 is 1.26 bits per heavy atom. The average molecular weight is 406 g/mol. The maximum absolute atomic E-state index is 12.4. The molecule has 1 aromatic rings. The van der Waals surface area contributed by atoms with Crippen molar-refractivity contribution in [2.24, 2.45) is 0 Å². The molecule has 6 nitrogen and oxygen atoms in total. The van der Waals surface area contributed by atoms with E-state index in [1.165, 1.54) is 46.6 Å². The van der Waals surface area contributed by atoms with Crippen molar-refractivity contribution in [3.63, 3.8) is 0 Å². The number of likely N-dealkylation sites (tertiary alicyclic amines) is 1. The summed E-state index contributed by atoms with van der Waals surface area (Å²) < 4.78 is 65.7. The molecule has 1 aromatic carbocycles. The van der Waals surface area contributed by atoms with Gasteiger partial charge in [-0.2, -0.15) is 0 Å². The van der Waals surface area contributed by atoms with Crippen LogP contribution in [0.3, 0.4) is 0 Å². The molecule has 0 saturated carbocycles. The summed E-state index contributed by atoms with van der Waals surface area (Å²) in [4.78, 5) is 13.8. The van der Waals surface area contributed by atoms with E-state index in [4.69, 9.17) is 0 Å². The van der Waals surface area contributed by atoms with Crippen LogP contribution in [0.25, 0.3) is 6.08 Å². The van der Waals surface area contributed by atoms with E-state index in [0.29, 0.717) is 25.9 Å². The van der Waals surface area contributed by atoms with E-state index in [1.54, 1.807) is 6.07 Å². The Hall–Kier alpha value is -2.07. The number of alkyl halides is 3. The molecule has 0 bridgehead atoms. The number of nitrogens with zero attached hydrogens (tertiary/aromatic N) is 2. The van der Waals surface area contributed by atoms with Gasteiger partial charge in [-0.1, -0.05) is 18.2 Å². The van der Waals surface area contributed by atoms with Crippen molar-refractivity contribution in [1.29, 1.82) is 0 Å². The molecular formula is C17H21F3N2O4S. The van der Waals surface area contributed by atoms with Gasteiger partial charge < -0.3 is 9.64 Å². The van der Waals surface area contributed by atoms with Crippen molar-refractivity contribution in [3.05, 3.63) is 35.9 Å². The molecule has 10 heteroatoms. The Kier molecular flexibility index (Phi) is 6.53. The van der Waals surface area contributed by atoms with Gasteiger partial charge in [-0.15, -0.1) is 13.2 Å². The predicted octanol–water partition coefficient (Wildman–Crippen LogP) is 2.48. The zero-order valence-electron chi connectivity index (χ0n) is 14.9. The molecule has 1 amide bonds. The molecule has 0 N–H and O–H groups in total. The second-order valence-corrected chi connectivity index (χ2v) is 8.30. The number of rotatable bonds is 5. The van der Waals surface area contributed by atoms with Crippen LogP contribution in [-0.2, 0) is 14.8 Å². The molecular weight excluding hydrogens is 385 g/mol. The maximum Gasteiger partial charge on any atom is 0.573 e. The maximum atomic E-state index is 12.4. The summed E-state index contributed by atoms with van der Waals surface area (Å²) in [6, 6.07) is 5.36. The quantitative estimate of drug-likeness (QED) is 0.705. The van der Waals surface area contributed by atoms with Crippen LogP contribution >= 0.6 is 0 Å². The molecule has 1 saturated heterocycles. The van der Waals surface area contributed by atoms with Gasteiger partial charge in [0.15, 0.2) is 0 Å². The van der Waals surface area contributed by atoms with Gasteiger partial charge in [-0.05, 0) is 25.0 Å². The SMILES string of the molecule is CN(C1CCN(C(=O)/C=C/c2ccccc2OC(F)(F)F)CC1)S(C)(=O)=O. The van der Waals surface area contributed by atoms with Crippen LogP contribution in [0.5, 0.6) is 5.75 Å². The van der Waals surface area contributed by atoms with Crippen LogP contribution in [0.2, 0.25) is 0 Å². The molecule has 0 aromatic heterocycles. The van der Waals surface area contributed by atoms with Crippen LogP contribution in [0.4, 0.5) is 13.2 Å². The molecule has 0 aliphatic carbocycles. The van der Waals surface area contributed by atoms with E-state index in [9.17, 15) is 26.4 Å². The lowest BCUT2D eigenvalue weighted by Gasteiger charge is -2.35. The summed E-state index contributed by atoms with van der Waals surface area (Å²) in [6.45, 7) is 0.739. The number of piperidine rings is 1. The number of hydrogen-bond donors (Lipinski definition) is 0. The van der Waals surface area contributed by atoms with Gasteiger partial charge in [-0.3, -0.25) is 4.79 Å². The largest absolute Gasteiger partial charge is 0.573 e. The van der Waals surface area contributed by atoms with Gasteiger partial charge in [0.2, 0.25) is 15.9 Å². The Bertz CT molecular complexity index is 801. The van der Waals surface area contributed by atoms with Gasteiger partial charge in [0, 0.05) is 37.8 Å². The number of ether oxygens (including phenoxy) is 1. The lowest BCUT2D eigenvalue weighted by Crippen LogP contribution is -2.46. The summed E-state index contributed by atoms with van der Waals surface area (Å²) in [5, 5.41) is 0. The normalized spacial score (nSPS) is 16.9. The highest BCUT2D eigenvalue weighted by atomic mass is 32.2. The minimum absolute atomic E-state index is 0.134. The third kappa shape index (κ3) is 6.24. The Labute approximate surface area is 156 Å². The molecule has 1 aliphatic rings. The van der Waals surface area contributed by atoms with Gasteiger partial charge >= 0.3 is 6.36 Å². The predicted molar refractivity (Wildman–Crippen MR) is 94.4 cm³/mol. The Balaban J connectivity index is 1.99. The fourth-order valence-electron chi connectivity index (χ4n) is 2.82. The van der Waals surface area contributed by atoms with Gasteiger partial charge in [0.1, 0.15) is 5.75 Å². The molecule has 1 aliphatic heterocycles. The first-order valence-electron chi connectivity index (χ1n) is 8.22. The molecule has 1 fully saturated rings. The lowest BCUT2D eigenvalue weighted by atomic mass is 10.1. The van der Waals surface area contributed by atoms with E-state index in [2.05, 4.69) is 4.74 Å². The lowest BCUT2D eigenvalue weighted by molar-refractivity contribution is -0.274. The van der Waals surface area contributed by atoms with Crippen molar-refractivity contribution in [2.45, 2.75) is 25.2 Å². The van der Waals surface area contributed by atoms with E-state index in [0.717, 1.165) is 6.26 Å². The molecule has 2 rings (SSSR count). The molecule has 0 radical (unpaired) electrons. The van der Waals surface area contributed by atoms with Crippen molar-refractivity contribution in [3.8, 4) is 5.75 Å². The zero-order chi connectivity index (χ0) is 20.2. The number of sulfonamides is 1. The van der Waals surface area contributed by atoms with E-state index < -0.39 is 16.4 Å². The third-order valence-electron chi connectivity index (χ3n) is 4.36. The summed E-state index contributed by atoms with van der Waals surface area (Å²) >= 11 is 0. The number of hydrogen-bond acceptors (Lipinski definition) is 4. The van der Waals surface area contributed by atoms with Gasteiger partial charge in [-0.25, -0.2) is 12.7 Å². The van der Waals surface area contributed by atoms with E-state index >= 15 is 0 Å². The Morgan fingerprint density at radius 3 is 2.41 bits per heavy atom. The number of para-hydroxylation sites is 1. The number of benzene rings is 1. The number of carbonyl (C=O) groups is 1. The monoisotopic (exact) mass is 406 g/mol. The van der Waals surface area contributed by atoms with Crippen molar-refractivity contribution >= 4 is 22.0 Å². The number of halogens is 3. The molecule has 150 valence electrons. The van der Waals surface area contributed by atoms with Gasteiger partial charge in [0.25, 0.3) is 0 Å². The minimum atomic E-state index is -4.82. The number of amides is 1. The summed E-state index contributed by atoms with van der Waals surface area (Å²) in [5.74, 6) is -0.736. The second kappa shape index (κ2) is 8.30. The average Bonchev–Trinajstić information content (AvgIpc) is 2.58. The highest BCUT2D eigenvalue weighted by molar-refractivity contribution is 7.88. The second-order valence-electron chi connectivity index (χ2n) is 6.25. The highest BCUT2D eigenvalue weighted by Gasteiger charge is 2.32. The molecule has 0 atom stereocenters. The van der Waals surface area contributed by atoms with Crippen molar-refractivity contribution in [2.75, 3.05) is 26.4 Å². The van der Waals surface area contributed by atoms with Crippen molar-refractivity contribution < 1.29 is 31.1 Å². The third-order valence-corrected chi connectivity index (χ3v) is 5.71. The fourth-order valence-corrected chi connectivity index (χ4v) is 3.58. The molecule has 27 heavy (non-hydrogen) atoms. The topological polar surface area (TPSA) is 66.9 Å². The highest BCUT2D eigenvalue weighted by Crippen LogP contribution is 2.27. The summed E-state index contributed by atoms with van der Waals surface area (Å²) in [5.41, 5.74) is 0.134. The van der Waals surface area contributed by atoms with Gasteiger partial charge in [0.05, 0.1) is 6.26 Å². The fraction of sp³-hybridized carbons (Fsp3) is 0.471. The first-order chi connectivity index (χ1) is 12.5. The molecule has 0 spiro atoms. The smallest absolute Gasteiger partial charge is 0.405 e. The first-order valence-corrected chi connectivity index (χ1v) is 10.1. The molecule has 1 heterocycles. The van der Waals surface area contributed by atoms with E-state index in [-0.39, 0.29) is 23.3 Å². The van der Waals surface area contributed by atoms with Crippen LogP contribution in [-0.4, -0.2) is 62.3 Å². The first kappa shape index (κ1) is 21.2. The standard InChI is InChI=1S/C17H21F3N2O4S/c1-21(27(2,24)25)14-9-11-22(12-10-14)16(23)8-7-13-5-3-4-6-15(13)26-17(18,19)20/h3-8,14H,9-12H2,1-2H3/b8-7+. The van der Waals surface area contributed by atoms with Crippen LogP contribution in [0.15, 0.2) is 30.3 Å². The van der Waals surface area contributed by atoms with Crippen LogP contribution < -0.4 is 4.74 Å². The zero-order valence-corrected chi connectivity index (χ0v) is 15.8.